The van der Waals surface area contributed by atoms with Gasteiger partial charge >= 0.3 is 0 Å². The smallest absolute Gasteiger partial charge is 0.281 e. The first kappa shape index (κ1) is 19.3. The van der Waals surface area contributed by atoms with Gasteiger partial charge in [0.2, 0.25) is 5.95 Å². The molecule has 0 aliphatic carbocycles. The molecule has 0 saturated heterocycles. The fraction of sp³-hybridized carbons (Fsp3) is 0.0870. The lowest BCUT2D eigenvalue weighted by Crippen LogP contribution is -2.17. The Morgan fingerprint density at radius 1 is 1.00 bits per heavy atom. The van der Waals surface area contributed by atoms with Crippen molar-refractivity contribution < 1.29 is 13.9 Å². The van der Waals surface area contributed by atoms with E-state index in [4.69, 9.17) is 4.74 Å². The van der Waals surface area contributed by atoms with Gasteiger partial charge in [-0.25, -0.2) is 4.39 Å². The standard InChI is InChI=1S/C23H19FN4O2/c1-30-20-13-9-18(10-14-20)22(29)28-23(25-15-16-7-11-19(24)12-8-16)26-21(27-28)17-5-3-2-4-6-17/h2-14H,15H2,1H3,(H,25,26,27). The molecule has 0 atom stereocenters. The van der Waals surface area contributed by atoms with Crippen LogP contribution < -0.4 is 10.1 Å². The molecule has 0 aliphatic rings. The largest absolute Gasteiger partial charge is 0.497 e. The second-order valence-corrected chi connectivity index (χ2v) is 6.55. The van der Waals surface area contributed by atoms with E-state index in [1.54, 1.807) is 43.5 Å². The topological polar surface area (TPSA) is 69.0 Å². The van der Waals surface area contributed by atoms with Crippen LogP contribution in [0.3, 0.4) is 0 Å². The van der Waals surface area contributed by atoms with E-state index in [-0.39, 0.29) is 11.7 Å². The lowest BCUT2D eigenvalue weighted by atomic mass is 10.2. The fourth-order valence-corrected chi connectivity index (χ4v) is 2.92. The van der Waals surface area contributed by atoms with Crippen molar-refractivity contribution in [1.82, 2.24) is 14.8 Å². The molecule has 0 aliphatic heterocycles. The second kappa shape index (κ2) is 8.57. The normalized spacial score (nSPS) is 10.6. The lowest BCUT2D eigenvalue weighted by molar-refractivity contribution is 0.0947. The number of nitrogens with zero attached hydrogens (tertiary/aromatic N) is 3. The number of anilines is 1. The fourth-order valence-electron chi connectivity index (χ4n) is 2.92. The summed E-state index contributed by atoms with van der Waals surface area (Å²) in [6, 6.07) is 22.3. The Hall–Kier alpha value is -4.00. The predicted molar refractivity (Wildman–Crippen MR) is 112 cm³/mol. The SMILES string of the molecule is COc1ccc(C(=O)n2nc(-c3ccccc3)nc2NCc2ccc(F)cc2)cc1. The van der Waals surface area contributed by atoms with Gasteiger partial charge in [0.25, 0.3) is 5.91 Å². The van der Waals surface area contributed by atoms with Gasteiger partial charge in [-0.2, -0.15) is 9.67 Å². The van der Waals surface area contributed by atoms with Crippen molar-refractivity contribution in [2.75, 3.05) is 12.4 Å². The number of methoxy groups -OCH3 is 1. The van der Waals surface area contributed by atoms with Crippen LogP contribution in [0.25, 0.3) is 11.4 Å². The van der Waals surface area contributed by atoms with Crippen LogP contribution in [0.4, 0.5) is 10.3 Å². The molecule has 6 nitrogen and oxygen atoms in total. The average molecular weight is 402 g/mol. The van der Waals surface area contributed by atoms with E-state index in [0.29, 0.717) is 29.6 Å². The number of benzene rings is 3. The summed E-state index contributed by atoms with van der Waals surface area (Å²) in [5, 5.41) is 7.56. The Kier molecular flexibility index (Phi) is 5.52. The zero-order valence-electron chi connectivity index (χ0n) is 16.2. The first-order valence-corrected chi connectivity index (χ1v) is 9.33. The van der Waals surface area contributed by atoms with Gasteiger partial charge in [-0.05, 0) is 42.0 Å². The molecular formula is C23H19FN4O2. The van der Waals surface area contributed by atoms with Crippen molar-refractivity contribution in [1.29, 1.82) is 0 Å². The highest BCUT2D eigenvalue weighted by Crippen LogP contribution is 2.20. The van der Waals surface area contributed by atoms with E-state index in [2.05, 4.69) is 15.4 Å². The third-order valence-corrected chi connectivity index (χ3v) is 4.53. The van der Waals surface area contributed by atoms with E-state index in [1.165, 1.54) is 16.8 Å². The summed E-state index contributed by atoms with van der Waals surface area (Å²) >= 11 is 0. The summed E-state index contributed by atoms with van der Waals surface area (Å²) in [6.07, 6.45) is 0. The quantitative estimate of drug-likeness (QED) is 0.518. The van der Waals surface area contributed by atoms with Gasteiger partial charge < -0.3 is 10.1 Å². The Bertz CT molecular complexity index is 1140. The number of carbonyl (C=O) groups excluding carboxylic acids is 1. The van der Waals surface area contributed by atoms with Gasteiger partial charge in [0.15, 0.2) is 5.82 Å². The molecule has 1 aromatic heterocycles. The minimum Gasteiger partial charge on any atom is -0.497 e. The highest BCUT2D eigenvalue weighted by molar-refractivity contribution is 5.97. The summed E-state index contributed by atoms with van der Waals surface area (Å²) in [5.41, 5.74) is 2.10. The van der Waals surface area contributed by atoms with Crippen molar-refractivity contribution >= 4 is 11.9 Å². The van der Waals surface area contributed by atoms with Crippen LogP contribution in [0.15, 0.2) is 78.9 Å². The number of rotatable bonds is 6. The van der Waals surface area contributed by atoms with Gasteiger partial charge in [-0.1, -0.05) is 42.5 Å². The molecular weight excluding hydrogens is 383 g/mol. The first-order valence-electron chi connectivity index (χ1n) is 9.33. The third-order valence-electron chi connectivity index (χ3n) is 4.53. The van der Waals surface area contributed by atoms with E-state index in [9.17, 15) is 9.18 Å². The molecule has 4 rings (SSSR count). The zero-order chi connectivity index (χ0) is 20.9. The molecule has 1 N–H and O–H groups in total. The predicted octanol–water partition coefficient (Wildman–Crippen LogP) is 4.39. The number of aromatic nitrogens is 3. The van der Waals surface area contributed by atoms with Crippen LogP contribution in [0, 0.1) is 5.82 Å². The molecule has 1 heterocycles. The van der Waals surface area contributed by atoms with Crippen molar-refractivity contribution in [2.24, 2.45) is 0 Å². The molecule has 0 saturated carbocycles. The highest BCUT2D eigenvalue weighted by atomic mass is 19.1. The summed E-state index contributed by atoms with van der Waals surface area (Å²) in [7, 11) is 1.57. The number of ether oxygens (including phenoxy) is 1. The van der Waals surface area contributed by atoms with Crippen LogP contribution in [0.2, 0.25) is 0 Å². The van der Waals surface area contributed by atoms with Crippen molar-refractivity contribution in [3.63, 3.8) is 0 Å². The number of hydrogen-bond acceptors (Lipinski definition) is 5. The van der Waals surface area contributed by atoms with Gasteiger partial charge in [-0.15, -0.1) is 5.10 Å². The van der Waals surface area contributed by atoms with Crippen molar-refractivity contribution in [3.05, 3.63) is 95.8 Å². The molecule has 0 bridgehead atoms. The Morgan fingerprint density at radius 2 is 1.70 bits per heavy atom. The molecule has 150 valence electrons. The van der Waals surface area contributed by atoms with Crippen molar-refractivity contribution in [2.45, 2.75) is 6.54 Å². The average Bonchev–Trinajstić information content (AvgIpc) is 3.23. The summed E-state index contributed by atoms with van der Waals surface area (Å²) < 4.78 is 19.5. The zero-order valence-corrected chi connectivity index (χ0v) is 16.2. The second-order valence-electron chi connectivity index (χ2n) is 6.55. The van der Waals surface area contributed by atoms with E-state index in [0.717, 1.165) is 11.1 Å². The molecule has 4 aromatic rings. The van der Waals surface area contributed by atoms with Crippen LogP contribution in [-0.4, -0.2) is 27.8 Å². The molecule has 0 radical (unpaired) electrons. The van der Waals surface area contributed by atoms with Crippen LogP contribution in [0.1, 0.15) is 15.9 Å². The maximum atomic E-state index is 13.2. The van der Waals surface area contributed by atoms with Crippen LogP contribution >= 0.6 is 0 Å². The number of halogens is 1. The van der Waals surface area contributed by atoms with E-state index < -0.39 is 0 Å². The minimum atomic E-state index is -0.325. The number of hydrogen-bond donors (Lipinski definition) is 1. The Morgan fingerprint density at radius 3 is 2.37 bits per heavy atom. The summed E-state index contributed by atoms with van der Waals surface area (Å²) in [4.78, 5) is 17.6. The maximum Gasteiger partial charge on any atom is 0.281 e. The maximum absolute atomic E-state index is 13.2. The van der Waals surface area contributed by atoms with E-state index >= 15 is 0 Å². The summed E-state index contributed by atoms with van der Waals surface area (Å²) in [6.45, 7) is 0.364. The molecule has 30 heavy (non-hydrogen) atoms. The third kappa shape index (κ3) is 4.20. The van der Waals surface area contributed by atoms with Gasteiger partial charge in [-0.3, -0.25) is 4.79 Å². The van der Waals surface area contributed by atoms with Crippen molar-refractivity contribution in [3.8, 4) is 17.1 Å². The van der Waals surface area contributed by atoms with Crippen LogP contribution in [0.5, 0.6) is 5.75 Å². The van der Waals surface area contributed by atoms with Gasteiger partial charge in [0, 0.05) is 17.7 Å². The van der Waals surface area contributed by atoms with Crippen LogP contribution in [-0.2, 0) is 6.54 Å². The molecule has 0 fully saturated rings. The first-order chi connectivity index (χ1) is 14.6. The van der Waals surface area contributed by atoms with E-state index in [1.807, 2.05) is 30.3 Å². The molecule has 0 amide bonds. The molecule has 0 unspecified atom stereocenters. The lowest BCUT2D eigenvalue weighted by Gasteiger charge is -2.08. The molecule has 7 heteroatoms. The molecule has 0 spiro atoms. The number of nitrogens with one attached hydrogen (secondary N) is 1. The van der Waals surface area contributed by atoms with Gasteiger partial charge in [0.1, 0.15) is 11.6 Å². The highest BCUT2D eigenvalue weighted by Gasteiger charge is 2.19. The Labute approximate surface area is 173 Å². The molecule has 3 aromatic carbocycles. The Balaban J connectivity index is 1.66. The summed E-state index contributed by atoms with van der Waals surface area (Å²) in [5.74, 6) is 0.764. The van der Waals surface area contributed by atoms with Gasteiger partial charge in [0.05, 0.1) is 7.11 Å². The minimum absolute atomic E-state index is 0.303. The monoisotopic (exact) mass is 402 g/mol. The number of carbonyl (C=O) groups is 1.